The van der Waals surface area contributed by atoms with Crippen molar-refractivity contribution in [3.05, 3.63) is 45.9 Å². The van der Waals surface area contributed by atoms with Crippen LogP contribution >= 0.6 is 0 Å². The summed E-state index contributed by atoms with van der Waals surface area (Å²) in [6.45, 7) is 0. The zero-order valence-electron chi connectivity index (χ0n) is 10.4. The zero-order valence-corrected chi connectivity index (χ0v) is 10.4. The summed E-state index contributed by atoms with van der Waals surface area (Å²) in [7, 11) is 0. The summed E-state index contributed by atoms with van der Waals surface area (Å²) >= 11 is 0. The van der Waals surface area contributed by atoms with Gasteiger partial charge in [0.25, 0.3) is 5.56 Å². The van der Waals surface area contributed by atoms with Crippen molar-refractivity contribution in [1.82, 2.24) is 9.78 Å². The molecular weight excluding hydrogens is 271 g/mol. The summed E-state index contributed by atoms with van der Waals surface area (Å²) in [5, 5.41) is 2.82. The van der Waals surface area contributed by atoms with E-state index >= 15 is 0 Å². The predicted octanol–water partition coefficient (Wildman–Crippen LogP) is 2.64. The lowest BCUT2D eigenvalue weighted by molar-refractivity contribution is -0.137. The summed E-state index contributed by atoms with van der Waals surface area (Å²) in [5.41, 5.74) is 5.24. The number of halogens is 3. The minimum absolute atomic E-state index is 0.0879. The number of alkyl halides is 3. The highest BCUT2D eigenvalue weighted by Gasteiger charge is 2.32. The molecule has 0 bridgehead atoms. The maximum absolute atomic E-state index is 12.7. The molecule has 0 unspecified atom stereocenters. The van der Waals surface area contributed by atoms with E-state index in [1.165, 1.54) is 12.1 Å². The maximum atomic E-state index is 12.7. The molecule has 1 aliphatic rings. The van der Waals surface area contributed by atoms with Gasteiger partial charge in [0.2, 0.25) is 0 Å². The molecule has 1 heterocycles. The minimum Gasteiger partial charge on any atom is -0.393 e. The van der Waals surface area contributed by atoms with Gasteiger partial charge in [0.1, 0.15) is 5.69 Å². The highest BCUT2D eigenvalue weighted by molar-refractivity contribution is 5.48. The summed E-state index contributed by atoms with van der Waals surface area (Å²) in [6, 6.07) is 4.58. The third-order valence-electron chi connectivity index (χ3n) is 3.37. The summed E-state index contributed by atoms with van der Waals surface area (Å²) in [5.74, 6) is 0.217. The first-order valence-corrected chi connectivity index (χ1v) is 6.16. The molecule has 1 aliphatic carbocycles. The molecule has 1 aromatic carbocycles. The molecule has 0 amide bonds. The third kappa shape index (κ3) is 2.09. The Hall–Kier alpha value is -2.18. The van der Waals surface area contributed by atoms with E-state index in [0.29, 0.717) is 5.69 Å². The minimum atomic E-state index is -4.45. The number of hydrogen-bond acceptors (Lipinski definition) is 2. The first-order valence-electron chi connectivity index (χ1n) is 6.16. The van der Waals surface area contributed by atoms with Crippen molar-refractivity contribution < 1.29 is 13.2 Å². The van der Waals surface area contributed by atoms with Gasteiger partial charge in [-0.25, -0.2) is 4.68 Å². The Balaban J connectivity index is 2.10. The van der Waals surface area contributed by atoms with Crippen molar-refractivity contribution in [1.29, 1.82) is 0 Å². The van der Waals surface area contributed by atoms with Crippen LogP contribution < -0.4 is 11.3 Å². The standard InChI is InChI=1S/C13H12F3N3O/c14-13(15,16)8-2-1-3-9(6-8)19-12(20)10(17)11(18-19)7-4-5-7/h1-3,6-7,18H,4-5,17H2. The second-order valence-electron chi connectivity index (χ2n) is 4.90. The Morgan fingerprint density at radius 2 is 2.00 bits per heavy atom. The second kappa shape index (κ2) is 4.16. The van der Waals surface area contributed by atoms with Crippen molar-refractivity contribution >= 4 is 5.69 Å². The molecule has 0 aliphatic heterocycles. The molecule has 2 aromatic rings. The number of hydrogen-bond donors (Lipinski definition) is 2. The maximum Gasteiger partial charge on any atom is 0.416 e. The number of anilines is 1. The Labute approximate surface area is 112 Å². The number of H-pyrrole nitrogens is 1. The summed E-state index contributed by atoms with van der Waals surface area (Å²) in [6.07, 6.45) is -2.57. The highest BCUT2D eigenvalue weighted by Crippen LogP contribution is 2.41. The average Bonchev–Trinajstić information content (AvgIpc) is 3.18. The summed E-state index contributed by atoms with van der Waals surface area (Å²) < 4.78 is 39.1. The van der Waals surface area contributed by atoms with Gasteiger partial charge in [0.05, 0.1) is 16.9 Å². The van der Waals surface area contributed by atoms with Crippen LogP contribution in [0.1, 0.15) is 30.0 Å². The van der Waals surface area contributed by atoms with E-state index in [1.54, 1.807) is 0 Å². The molecule has 1 saturated carbocycles. The Kier molecular flexibility index (Phi) is 2.67. The third-order valence-corrected chi connectivity index (χ3v) is 3.37. The van der Waals surface area contributed by atoms with E-state index < -0.39 is 17.3 Å². The van der Waals surface area contributed by atoms with Crippen molar-refractivity contribution in [2.24, 2.45) is 0 Å². The number of aromatic nitrogens is 2. The van der Waals surface area contributed by atoms with Gasteiger partial charge in [-0.15, -0.1) is 0 Å². The number of nitrogens with two attached hydrogens (primary N) is 1. The monoisotopic (exact) mass is 283 g/mol. The fourth-order valence-corrected chi connectivity index (χ4v) is 2.15. The molecule has 20 heavy (non-hydrogen) atoms. The fourth-order valence-electron chi connectivity index (χ4n) is 2.15. The van der Waals surface area contributed by atoms with E-state index in [4.69, 9.17) is 5.73 Å². The van der Waals surface area contributed by atoms with Gasteiger partial charge < -0.3 is 5.73 Å². The normalized spacial score (nSPS) is 15.6. The van der Waals surface area contributed by atoms with Gasteiger partial charge in [-0.3, -0.25) is 9.89 Å². The molecule has 1 aromatic heterocycles. The number of nitrogens with zero attached hydrogens (tertiary/aromatic N) is 1. The van der Waals surface area contributed by atoms with Crippen molar-refractivity contribution in [2.75, 3.05) is 5.73 Å². The molecule has 0 radical (unpaired) electrons. The molecular formula is C13H12F3N3O. The van der Waals surface area contributed by atoms with E-state index in [0.717, 1.165) is 29.7 Å². The molecule has 0 spiro atoms. The van der Waals surface area contributed by atoms with Gasteiger partial charge >= 0.3 is 6.18 Å². The molecule has 0 saturated heterocycles. The van der Waals surface area contributed by atoms with E-state index in [1.807, 2.05) is 0 Å². The molecule has 106 valence electrons. The average molecular weight is 283 g/mol. The first-order chi connectivity index (χ1) is 9.38. The topological polar surface area (TPSA) is 63.8 Å². The Bertz CT molecular complexity index is 710. The van der Waals surface area contributed by atoms with E-state index in [9.17, 15) is 18.0 Å². The SMILES string of the molecule is Nc1c(C2CC2)[nH]n(-c2cccc(C(F)(F)F)c2)c1=O. The molecule has 1 fully saturated rings. The number of nitrogen functional groups attached to an aromatic ring is 1. The molecule has 4 nitrogen and oxygen atoms in total. The first kappa shape index (κ1) is 12.8. The number of benzene rings is 1. The van der Waals surface area contributed by atoms with Crippen LogP contribution in [0.3, 0.4) is 0 Å². The van der Waals surface area contributed by atoms with Crippen molar-refractivity contribution in [2.45, 2.75) is 24.9 Å². The molecule has 3 rings (SSSR count). The predicted molar refractivity (Wildman–Crippen MR) is 67.8 cm³/mol. The van der Waals surface area contributed by atoms with Crippen molar-refractivity contribution in [3.63, 3.8) is 0 Å². The van der Waals surface area contributed by atoms with Crippen LogP contribution in [0, 0.1) is 0 Å². The van der Waals surface area contributed by atoms with E-state index in [2.05, 4.69) is 5.10 Å². The van der Waals surface area contributed by atoms with Gasteiger partial charge in [0.15, 0.2) is 0 Å². The lowest BCUT2D eigenvalue weighted by Gasteiger charge is -2.08. The Morgan fingerprint density at radius 3 is 2.60 bits per heavy atom. The van der Waals surface area contributed by atoms with Crippen molar-refractivity contribution in [3.8, 4) is 5.69 Å². The van der Waals surface area contributed by atoms with Gasteiger partial charge in [-0.2, -0.15) is 13.2 Å². The van der Waals surface area contributed by atoms with Crippen LogP contribution in [0.5, 0.6) is 0 Å². The largest absolute Gasteiger partial charge is 0.416 e. The smallest absolute Gasteiger partial charge is 0.393 e. The van der Waals surface area contributed by atoms with Crippen LogP contribution in [-0.2, 0) is 6.18 Å². The molecule has 0 atom stereocenters. The zero-order chi connectivity index (χ0) is 14.5. The van der Waals surface area contributed by atoms with Gasteiger partial charge in [-0.1, -0.05) is 6.07 Å². The number of nitrogens with one attached hydrogen (secondary N) is 1. The fraction of sp³-hybridized carbons (Fsp3) is 0.308. The van der Waals surface area contributed by atoms with Crippen LogP contribution in [0.15, 0.2) is 29.1 Å². The van der Waals surface area contributed by atoms with Crippen LogP contribution in [0.25, 0.3) is 5.69 Å². The second-order valence-corrected chi connectivity index (χ2v) is 4.90. The van der Waals surface area contributed by atoms with Crippen LogP contribution in [0.4, 0.5) is 18.9 Å². The molecule has 7 heteroatoms. The number of aromatic amines is 1. The van der Waals surface area contributed by atoms with Crippen LogP contribution in [-0.4, -0.2) is 9.78 Å². The molecule has 3 N–H and O–H groups in total. The highest BCUT2D eigenvalue weighted by atomic mass is 19.4. The Morgan fingerprint density at radius 1 is 1.30 bits per heavy atom. The van der Waals surface area contributed by atoms with Gasteiger partial charge in [0, 0.05) is 5.92 Å². The van der Waals surface area contributed by atoms with Crippen LogP contribution in [0.2, 0.25) is 0 Å². The van der Waals surface area contributed by atoms with Gasteiger partial charge in [-0.05, 0) is 31.0 Å². The van der Waals surface area contributed by atoms with E-state index in [-0.39, 0.29) is 17.3 Å². The quantitative estimate of drug-likeness (QED) is 0.890. The number of rotatable bonds is 2. The lowest BCUT2D eigenvalue weighted by Crippen LogP contribution is -2.17. The lowest BCUT2D eigenvalue weighted by atomic mass is 10.2. The summed E-state index contributed by atoms with van der Waals surface area (Å²) in [4.78, 5) is 12.0.